The van der Waals surface area contributed by atoms with E-state index in [-0.39, 0.29) is 73.4 Å². The average molecular weight is 245 g/mol. The molecule has 0 aromatic heterocycles. The van der Waals surface area contributed by atoms with Gasteiger partial charge in [0.05, 0.1) is 6.54 Å². The molecule has 0 bridgehead atoms. The topological polar surface area (TPSA) is 115 Å². The maximum atomic E-state index is 10.5. The molecule has 0 saturated carbocycles. The van der Waals surface area contributed by atoms with Crippen LogP contribution >= 0.6 is 7.60 Å². The number of hydrogen-bond donors (Lipinski definition) is 3. The minimum absolute atomic E-state index is 0. The Morgan fingerprint density at radius 2 is 1.86 bits per heavy atom. The SMILES string of the molecule is O=CN(O)CCC(=O)P(=O)(O)O.[H-].[H-].[Na+].[Na+]. The first kappa shape index (κ1) is 20.6. The molecule has 0 rings (SSSR count). The zero-order valence-corrected chi connectivity index (χ0v) is 12.8. The molecule has 0 heterocycles. The van der Waals surface area contributed by atoms with E-state index in [2.05, 4.69) is 0 Å². The zero-order chi connectivity index (χ0) is 9.78. The predicted molar refractivity (Wildman–Crippen MR) is 38.4 cm³/mol. The molecule has 3 N–H and O–H groups in total. The van der Waals surface area contributed by atoms with Crippen LogP contribution in [0.1, 0.15) is 9.27 Å². The van der Waals surface area contributed by atoms with E-state index >= 15 is 0 Å². The smallest absolute Gasteiger partial charge is 1.00 e. The molecule has 0 aliphatic carbocycles. The molecule has 0 atom stereocenters. The standard InChI is InChI=1S/C4H8NO6P.2Na.2H/c6-3-5(8)2-1-4(7)12(9,10)11;;;;/h3,8H,1-2H2,(H2,9,10,11);;;;/q;2*+1;2*-1. The molecule has 0 fully saturated rings. The van der Waals surface area contributed by atoms with Gasteiger partial charge in [0.15, 0.2) is 0 Å². The van der Waals surface area contributed by atoms with Gasteiger partial charge in [-0.05, 0) is 0 Å². The van der Waals surface area contributed by atoms with Crippen LogP contribution in [0.2, 0.25) is 0 Å². The fraction of sp³-hybridized carbons (Fsp3) is 0.500. The second kappa shape index (κ2) is 9.47. The Bertz CT molecular complexity index is 239. The van der Waals surface area contributed by atoms with Gasteiger partial charge in [0.2, 0.25) is 11.9 Å². The summed E-state index contributed by atoms with van der Waals surface area (Å²) in [5, 5.41) is 8.57. The van der Waals surface area contributed by atoms with Crippen LogP contribution in [0.4, 0.5) is 0 Å². The number of amides is 1. The number of rotatable bonds is 5. The third-order valence-corrected chi connectivity index (χ3v) is 1.87. The van der Waals surface area contributed by atoms with Crippen LogP contribution in [-0.4, -0.2) is 38.5 Å². The van der Waals surface area contributed by atoms with E-state index in [4.69, 9.17) is 15.0 Å². The summed E-state index contributed by atoms with van der Waals surface area (Å²) in [6.45, 7) is -0.423. The molecule has 0 aliphatic heterocycles. The Hall–Kier alpha value is 1.25. The van der Waals surface area contributed by atoms with Gasteiger partial charge in [-0.2, -0.15) is 0 Å². The first-order valence-electron chi connectivity index (χ1n) is 2.87. The van der Waals surface area contributed by atoms with Crippen LogP contribution in [0.5, 0.6) is 0 Å². The average Bonchev–Trinajstić information content (AvgIpc) is 1.97. The van der Waals surface area contributed by atoms with Crippen molar-refractivity contribution in [1.29, 1.82) is 0 Å². The largest absolute Gasteiger partial charge is 1.00 e. The van der Waals surface area contributed by atoms with Crippen LogP contribution < -0.4 is 59.1 Å². The van der Waals surface area contributed by atoms with Gasteiger partial charge in [0, 0.05) is 6.42 Å². The summed E-state index contributed by atoms with van der Waals surface area (Å²) in [6, 6.07) is 0. The molecule has 10 heteroatoms. The molecule has 0 unspecified atom stereocenters. The van der Waals surface area contributed by atoms with E-state index in [1.165, 1.54) is 0 Å². The van der Waals surface area contributed by atoms with E-state index in [1.54, 1.807) is 0 Å². The predicted octanol–water partition coefficient (Wildman–Crippen LogP) is -6.84. The fourth-order valence-electron chi connectivity index (χ4n) is 0.409. The van der Waals surface area contributed by atoms with Crippen molar-refractivity contribution >= 4 is 19.5 Å². The van der Waals surface area contributed by atoms with Crippen molar-refractivity contribution in [3.63, 3.8) is 0 Å². The Balaban J connectivity index is -0.000000101. The Morgan fingerprint density at radius 1 is 1.43 bits per heavy atom. The Labute approximate surface area is 128 Å². The van der Waals surface area contributed by atoms with Crippen molar-refractivity contribution in [3.05, 3.63) is 0 Å². The minimum atomic E-state index is -4.72. The van der Waals surface area contributed by atoms with Gasteiger partial charge in [-0.3, -0.25) is 19.4 Å². The first-order chi connectivity index (χ1) is 5.38. The zero-order valence-electron chi connectivity index (χ0n) is 9.95. The van der Waals surface area contributed by atoms with Gasteiger partial charge in [0.25, 0.3) is 0 Å². The van der Waals surface area contributed by atoms with Crippen molar-refractivity contribution in [2.75, 3.05) is 6.54 Å². The molecule has 0 aromatic carbocycles. The van der Waals surface area contributed by atoms with Crippen molar-refractivity contribution < 1.29 is 91.1 Å². The summed E-state index contributed by atoms with van der Waals surface area (Å²) in [7, 11) is -4.72. The monoisotopic (exact) mass is 245 g/mol. The number of carbonyl (C=O) groups excluding carboxylic acids is 2. The third-order valence-electron chi connectivity index (χ3n) is 1.00. The van der Waals surface area contributed by atoms with Crippen LogP contribution in [0, 0.1) is 0 Å². The maximum Gasteiger partial charge on any atom is 1.00 e. The van der Waals surface area contributed by atoms with Crippen molar-refractivity contribution in [2.45, 2.75) is 6.42 Å². The van der Waals surface area contributed by atoms with Crippen molar-refractivity contribution in [1.82, 2.24) is 5.06 Å². The van der Waals surface area contributed by atoms with E-state index in [0.29, 0.717) is 0 Å². The molecule has 1 amide bonds. The Morgan fingerprint density at radius 3 is 2.14 bits per heavy atom. The molecule has 14 heavy (non-hydrogen) atoms. The van der Waals surface area contributed by atoms with Crippen LogP contribution in [0.25, 0.3) is 0 Å². The molecule has 0 spiro atoms. The second-order valence-corrected chi connectivity index (χ2v) is 3.54. The fourth-order valence-corrected chi connectivity index (χ4v) is 0.800. The normalized spacial score (nSPS) is 9.36. The summed E-state index contributed by atoms with van der Waals surface area (Å²) < 4.78 is 10.2. The van der Waals surface area contributed by atoms with Crippen molar-refractivity contribution in [2.24, 2.45) is 0 Å². The van der Waals surface area contributed by atoms with Crippen LogP contribution in [0.3, 0.4) is 0 Å². The Kier molecular flexibility index (Phi) is 14.0. The van der Waals surface area contributed by atoms with E-state index in [0.717, 1.165) is 0 Å². The maximum absolute atomic E-state index is 10.5. The number of hydroxylamine groups is 2. The number of carbonyl (C=O) groups is 2. The molecule has 0 aliphatic rings. The summed E-state index contributed by atoms with van der Waals surface area (Å²) in [4.78, 5) is 36.7. The molecular weight excluding hydrogens is 235 g/mol. The molecule has 74 valence electrons. The molecule has 0 aromatic rings. The molecular formula is C4H10NNa2O6P. The first-order valence-corrected chi connectivity index (χ1v) is 4.49. The van der Waals surface area contributed by atoms with Gasteiger partial charge < -0.3 is 12.6 Å². The number of hydrogen-bond acceptors (Lipinski definition) is 4. The van der Waals surface area contributed by atoms with Gasteiger partial charge in [-0.25, -0.2) is 5.06 Å². The van der Waals surface area contributed by atoms with E-state index in [1.807, 2.05) is 0 Å². The third kappa shape index (κ3) is 9.79. The van der Waals surface area contributed by atoms with Gasteiger partial charge in [-0.15, -0.1) is 0 Å². The molecule has 0 radical (unpaired) electrons. The van der Waals surface area contributed by atoms with Gasteiger partial charge in [-0.1, -0.05) is 0 Å². The minimum Gasteiger partial charge on any atom is -1.00 e. The molecule has 7 nitrogen and oxygen atoms in total. The summed E-state index contributed by atoms with van der Waals surface area (Å²) in [5.74, 6) is 0. The quantitative estimate of drug-likeness (QED) is 0.146. The van der Waals surface area contributed by atoms with Crippen molar-refractivity contribution in [3.8, 4) is 0 Å². The van der Waals surface area contributed by atoms with Gasteiger partial charge in [0.1, 0.15) is 0 Å². The molecule has 0 saturated heterocycles. The van der Waals surface area contributed by atoms with Crippen LogP contribution in [-0.2, 0) is 14.2 Å². The van der Waals surface area contributed by atoms with E-state index < -0.39 is 26.1 Å². The van der Waals surface area contributed by atoms with Crippen LogP contribution in [0.15, 0.2) is 0 Å². The summed E-state index contributed by atoms with van der Waals surface area (Å²) >= 11 is 0. The van der Waals surface area contributed by atoms with Gasteiger partial charge >= 0.3 is 66.7 Å². The second-order valence-electron chi connectivity index (χ2n) is 1.96. The van der Waals surface area contributed by atoms with E-state index in [9.17, 15) is 14.2 Å². The summed E-state index contributed by atoms with van der Waals surface area (Å²) in [6.07, 6.45) is -0.535. The number of nitrogens with zero attached hydrogens (tertiary/aromatic N) is 1. The summed E-state index contributed by atoms with van der Waals surface area (Å²) in [5.41, 5.74) is -1.30.